The maximum absolute atomic E-state index is 12.8. The molecular formula is C24H28N2O2. The van der Waals surface area contributed by atoms with Crippen molar-refractivity contribution in [2.45, 2.75) is 45.1 Å². The van der Waals surface area contributed by atoms with E-state index in [1.54, 1.807) is 12.1 Å². The summed E-state index contributed by atoms with van der Waals surface area (Å²) in [7, 11) is 0. The molecule has 4 heteroatoms. The molecule has 0 heterocycles. The van der Waals surface area contributed by atoms with Crippen LogP contribution < -0.4 is 10.6 Å². The molecule has 4 atom stereocenters. The van der Waals surface area contributed by atoms with Gasteiger partial charge in [0.25, 0.3) is 5.91 Å². The van der Waals surface area contributed by atoms with Gasteiger partial charge >= 0.3 is 0 Å². The van der Waals surface area contributed by atoms with Gasteiger partial charge in [-0.15, -0.1) is 0 Å². The Bertz CT molecular complexity index is 849. The fourth-order valence-corrected chi connectivity index (χ4v) is 4.96. The summed E-state index contributed by atoms with van der Waals surface area (Å²) in [6.07, 6.45) is 5.67. The Balaban J connectivity index is 1.40. The molecule has 2 saturated carbocycles. The van der Waals surface area contributed by atoms with Crippen molar-refractivity contribution < 1.29 is 9.59 Å². The summed E-state index contributed by atoms with van der Waals surface area (Å²) in [6, 6.07) is 17.0. The van der Waals surface area contributed by atoms with Crippen molar-refractivity contribution in [1.82, 2.24) is 5.32 Å². The summed E-state index contributed by atoms with van der Waals surface area (Å²) < 4.78 is 0. The van der Waals surface area contributed by atoms with Crippen LogP contribution in [0.15, 0.2) is 54.6 Å². The number of carbonyl (C=O) groups excluding carboxylic acids is 2. The lowest BCUT2D eigenvalue weighted by Gasteiger charge is -2.21. The van der Waals surface area contributed by atoms with Crippen LogP contribution in [0.3, 0.4) is 0 Å². The fourth-order valence-electron chi connectivity index (χ4n) is 4.96. The predicted molar refractivity (Wildman–Crippen MR) is 111 cm³/mol. The molecule has 4 nitrogen and oxygen atoms in total. The highest BCUT2D eigenvalue weighted by molar-refractivity contribution is 6.03. The second-order valence-electron chi connectivity index (χ2n) is 8.34. The first-order valence-electron chi connectivity index (χ1n) is 10.3. The first kappa shape index (κ1) is 18.7. The number of amides is 2. The zero-order valence-corrected chi connectivity index (χ0v) is 16.4. The molecule has 2 aromatic rings. The van der Waals surface area contributed by atoms with Gasteiger partial charge in [-0.25, -0.2) is 0 Å². The molecule has 2 N–H and O–H groups in total. The lowest BCUT2D eigenvalue weighted by Crippen LogP contribution is -2.28. The summed E-state index contributed by atoms with van der Waals surface area (Å²) in [5, 5.41) is 6.02. The number of carbonyl (C=O) groups is 2. The zero-order valence-electron chi connectivity index (χ0n) is 16.4. The molecule has 2 aromatic carbocycles. The van der Waals surface area contributed by atoms with E-state index in [4.69, 9.17) is 0 Å². The third-order valence-corrected chi connectivity index (χ3v) is 6.43. The minimum atomic E-state index is -0.174. The molecule has 2 fully saturated rings. The average Bonchev–Trinajstić information content (AvgIpc) is 3.32. The first-order valence-corrected chi connectivity index (χ1v) is 10.3. The van der Waals surface area contributed by atoms with Gasteiger partial charge in [-0.1, -0.05) is 48.9 Å². The Kier molecular flexibility index (Phi) is 5.47. The van der Waals surface area contributed by atoms with Gasteiger partial charge in [0.05, 0.1) is 17.3 Å². The van der Waals surface area contributed by atoms with Crippen LogP contribution >= 0.6 is 0 Å². The van der Waals surface area contributed by atoms with Crippen LogP contribution in [0.25, 0.3) is 0 Å². The van der Waals surface area contributed by atoms with Crippen molar-refractivity contribution in [3.8, 4) is 0 Å². The van der Waals surface area contributed by atoms with Crippen LogP contribution in [-0.2, 0) is 4.79 Å². The van der Waals surface area contributed by atoms with E-state index in [0.717, 1.165) is 17.4 Å². The topological polar surface area (TPSA) is 58.2 Å². The third kappa shape index (κ3) is 4.11. The van der Waals surface area contributed by atoms with Crippen molar-refractivity contribution in [1.29, 1.82) is 0 Å². The van der Waals surface area contributed by atoms with Crippen molar-refractivity contribution >= 4 is 17.5 Å². The molecule has 146 valence electrons. The Morgan fingerprint density at radius 1 is 1.00 bits per heavy atom. The van der Waals surface area contributed by atoms with E-state index in [1.165, 1.54) is 25.7 Å². The number of benzene rings is 2. The SMILES string of the molecule is C[C@@H](NC(=O)c1ccccc1NC(=O)C[C@@H]1C[C@H]2CC[C@H]1C2)c1ccccc1. The van der Waals surface area contributed by atoms with E-state index in [2.05, 4.69) is 10.6 Å². The molecule has 0 spiro atoms. The lowest BCUT2D eigenvalue weighted by molar-refractivity contribution is -0.117. The number of fused-ring (bicyclic) bond motifs is 2. The van der Waals surface area contributed by atoms with Crippen LogP contribution in [0.5, 0.6) is 0 Å². The molecule has 0 saturated heterocycles. The second kappa shape index (κ2) is 8.17. The molecule has 0 aliphatic heterocycles. The van der Waals surface area contributed by atoms with Crippen molar-refractivity contribution in [3.05, 3.63) is 65.7 Å². The summed E-state index contributed by atoms with van der Waals surface area (Å²) in [4.78, 5) is 25.4. The fraction of sp³-hybridized carbons (Fsp3) is 0.417. The molecule has 28 heavy (non-hydrogen) atoms. The summed E-state index contributed by atoms with van der Waals surface area (Å²) in [5.41, 5.74) is 2.15. The highest BCUT2D eigenvalue weighted by atomic mass is 16.2. The first-order chi connectivity index (χ1) is 13.6. The van der Waals surface area contributed by atoms with Gasteiger partial charge in [-0.2, -0.15) is 0 Å². The van der Waals surface area contributed by atoms with Gasteiger partial charge in [-0.3, -0.25) is 9.59 Å². The molecule has 0 radical (unpaired) electrons. The van der Waals surface area contributed by atoms with Gasteiger partial charge in [-0.05, 0) is 61.6 Å². The van der Waals surface area contributed by atoms with Crippen LogP contribution in [-0.4, -0.2) is 11.8 Å². The second-order valence-corrected chi connectivity index (χ2v) is 8.34. The van der Waals surface area contributed by atoms with E-state index in [9.17, 15) is 9.59 Å². The minimum Gasteiger partial charge on any atom is -0.345 e. The highest BCUT2D eigenvalue weighted by Gasteiger charge is 2.40. The Morgan fingerprint density at radius 2 is 1.75 bits per heavy atom. The Hall–Kier alpha value is -2.62. The van der Waals surface area contributed by atoms with Crippen LogP contribution in [0.2, 0.25) is 0 Å². The number of nitrogens with one attached hydrogen (secondary N) is 2. The standard InChI is InChI=1S/C24H28N2O2/c1-16(18-7-3-2-4-8-18)25-24(28)21-9-5-6-10-22(21)26-23(27)15-20-14-17-11-12-19(20)13-17/h2-10,16-17,19-20H,11-15H2,1H3,(H,25,28)(H,26,27)/t16-,17+,19+,20+/m1/s1. The number of anilines is 1. The molecule has 2 aliphatic carbocycles. The van der Waals surface area contributed by atoms with Gasteiger partial charge in [0.1, 0.15) is 0 Å². The van der Waals surface area contributed by atoms with Crippen LogP contribution in [0.4, 0.5) is 5.69 Å². The van der Waals surface area contributed by atoms with Crippen molar-refractivity contribution in [2.24, 2.45) is 17.8 Å². The summed E-state index contributed by atoms with van der Waals surface area (Å²) in [5.74, 6) is 1.92. The summed E-state index contributed by atoms with van der Waals surface area (Å²) in [6.45, 7) is 1.96. The van der Waals surface area contributed by atoms with E-state index in [-0.39, 0.29) is 17.9 Å². The molecule has 4 rings (SSSR count). The number of para-hydroxylation sites is 1. The number of rotatable bonds is 6. The Morgan fingerprint density at radius 3 is 2.46 bits per heavy atom. The molecule has 0 unspecified atom stereocenters. The smallest absolute Gasteiger partial charge is 0.253 e. The third-order valence-electron chi connectivity index (χ3n) is 6.43. The van der Waals surface area contributed by atoms with Crippen LogP contribution in [0.1, 0.15) is 61.0 Å². The molecule has 2 aliphatic rings. The van der Waals surface area contributed by atoms with E-state index in [1.807, 2.05) is 49.4 Å². The normalized spacial score (nSPS) is 24.0. The van der Waals surface area contributed by atoms with E-state index in [0.29, 0.717) is 23.6 Å². The van der Waals surface area contributed by atoms with E-state index < -0.39 is 0 Å². The van der Waals surface area contributed by atoms with Crippen molar-refractivity contribution in [2.75, 3.05) is 5.32 Å². The molecular weight excluding hydrogens is 348 g/mol. The molecule has 2 amide bonds. The molecule has 0 aromatic heterocycles. The minimum absolute atomic E-state index is 0.0221. The Labute approximate surface area is 166 Å². The van der Waals surface area contributed by atoms with Gasteiger partial charge in [0.2, 0.25) is 5.91 Å². The summed E-state index contributed by atoms with van der Waals surface area (Å²) >= 11 is 0. The van der Waals surface area contributed by atoms with Crippen molar-refractivity contribution in [3.63, 3.8) is 0 Å². The quantitative estimate of drug-likeness (QED) is 0.750. The maximum Gasteiger partial charge on any atom is 0.253 e. The number of hydrogen-bond donors (Lipinski definition) is 2. The monoisotopic (exact) mass is 376 g/mol. The zero-order chi connectivity index (χ0) is 19.5. The average molecular weight is 377 g/mol. The predicted octanol–water partition coefficient (Wildman–Crippen LogP) is 4.94. The van der Waals surface area contributed by atoms with E-state index >= 15 is 0 Å². The van der Waals surface area contributed by atoms with Crippen LogP contribution in [0, 0.1) is 17.8 Å². The lowest BCUT2D eigenvalue weighted by atomic mass is 9.86. The van der Waals surface area contributed by atoms with Gasteiger partial charge < -0.3 is 10.6 Å². The highest BCUT2D eigenvalue weighted by Crippen LogP contribution is 2.49. The number of hydrogen-bond acceptors (Lipinski definition) is 2. The molecule has 2 bridgehead atoms. The largest absolute Gasteiger partial charge is 0.345 e. The maximum atomic E-state index is 12.8. The van der Waals surface area contributed by atoms with Gasteiger partial charge in [0.15, 0.2) is 0 Å². The van der Waals surface area contributed by atoms with Gasteiger partial charge in [0, 0.05) is 6.42 Å².